The molecule has 96 valence electrons. The Kier molecular flexibility index (Phi) is 4.03. The van der Waals surface area contributed by atoms with E-state index in [0.717, 1.165) is 28.8 Å². The Labute approximate surface area is 109 Å². The Morgan fingerprint density at radius 3 is 2.83 bits per heavy atom. The van der Waals surface area contributed by atoms with Gasteiger partial charge < -0.3 is 10.6 Å². The summed E-state index contributed by atoms with van der Waals surface area (Å²) < 4.78 is 0. The second-order valence-electron chi connectivity index (χ2n) is 4.70. The van der Waals surface area contributed by atoms with Crippen LogP contribution in [0.25, 0.3) is 10.9 Å². The topological polar surface area (TPSA) is 42.2 Å². The first kappa shape index (κ1) is 12.7. The molecular weight excluding hydrogens is 222 g/mol. The summed E-state index contributed by atoms with van der Waals surface area (Å²) in [7, 11) is 2.10. The third-order valence-corrected chi connectivity index (χ3v) is 3.31. The lowest BCUT2D eigenvalue weighted by molar-refractivity contribution is 0.705. The smallest absolute Gasteiger partial charge is 0.0724 e. The monoisotopic (exact) mass is 243 g/mol. The third-order valence-electron chi connectivity index (χ3n) is 3.31. The van der Waals surface area contributed by atoms with Gasteiger partial charge in [0.1, 0.15) is 0 Å². The zero-order chi connectivity index (χ0) is 13.0. The van der Waals surface area contributed by atoms with E-state index in [1.165, 1.54) is 19.3 Å². The molecule has 1 heterocycles. The number of rotatable bonds is 5. The SMILES string of the molecule is CCCCCN(C)c1ccc2ncccc2c1N. The number of nitrogens with zero attached hydrogens (tertiary/aromatic N) is 2. The van der Waals surface area contributed by atoms with Gasteiger partial charge in [0.15, 0.2) is 0 Å². The molecule has 0 bridgehead atoms. The van der Waals surface area contributed by atoms with Crippen LogP contribution in [-0.2, 0) is 0 Å². The maximum Gasteiger partial charge on any atom is 0.0724 e. The van der Waals surface area contributed by atoms with Gasteiger partial charge in [-0.2, -0.15) is 0 Å². The normalized spacial score (nSPS) is 10.8. The lowest BCUT2D eigenvalue weighted by atomic mass is 10.1. The molecule has 0 fully saturated rings. The minimum absolute atomic E-state index is 0.833. The molecule has 3 nitrogen and oxygen atoms in total. The molecule has 0 spiro atoms. The average molecular weight is 243 g/mol. The standard InChI is InChI=1S/C15H21N3/c1-3-4-5-11-18(2)14-9-8-13-12(15(14)16)7-6-10-17-13/h6-10H,3-5,11,16H2,1-2H3. The molecule has 1 aromatic carbocycles. The van der Waals surface area contributed by atoms with Crippen molar-refractivity contribution in [2.75, 3.05) is 24.2 Å². The van der Waals surface area contributed by atoms with Crippen LogP contribution in [0.4, 0.5) is 11.4 Å². The van der Waals surface area contributed by atoms with Crippen molar-refractivity contribution in [2.24, 2.45) is 0 Å². The van der Waals surface area contributed by atoms with Crippen molar-refractivity contribution in [1.82, 2.24) is 4.98 Å². The third kappa shape index (κ3) is 2.55. The molecule has 0 aliphatic rings. The largest absolute Gasteiger partial charge is 0.396 e. The Bertz CT molecular complexity index is 522. The maximum absolute atomic E-state index is 6.24. The zero-order valence-corrected chi connectivity index (χ0v) is 11.2. The maximum atomic E-state index is 6.24. The molecule has 2 N–H and O–H groups in total. The van der Waals surface area contributed by atoms with E-state index in [4.69, 9.17) is 5.73 Å². The second-order valence-corrected chi connectivity index (χ2v) is 4.70. The number of aromatic nitrogens is 1. The molecule has 0 radical (unpaired) electrons. The number of nitrogens with two attached hydrogens (primary N) is 1. The van der Waals surface area contributed by atoms with Crippen LogP contribution in [0.5, 0.6) is 0 Å². The first-order valence-electron chi connectivity index (χ1n) is 6.58. The summed E-state index contributed by atoms with van der Waals surface area (Å²) in [6.07, 6.45) is 5.51. The lowest BCUT2D eigenvalue weighted by Crippen LogP contribution is -2.19. The number of nitrogen functional groups attached to an aromatic ring is 1. The lowest BCUT2D eigenvalue weighted by Gasteiger charge is -2.21. The van der Waals surface area contributed by atoms with Gasteiger partial charge in [-0.15, -0.1) is 0 Å². The van der Waals surface area contributed by atoms with E-state index in [9.17, 15) is 0 Å². The number of hydrogen-bond donors (Lipinski definition) is 1. The summed E-state index contributed by atoms with van der Waals surface area (Å²) in [6.45, 7) is 3.26. The highest BCUT2D eigenvalue weighted by Gasteiger charge is 2.08. The van der Waals surface area contributed by atoms with Crippen molar-refractivity contribution in [2.45, 2.75) is 26.2 Å². The molecule has 2 rings (SSSR count). The Morgan fingerprint density at radius 1 is 1.22 bits per heavy atom. The summed E-state index contributed by atoms with van der Waals surface area (Å²) in [5.41, 5.74) is 9.14. The molecule has 0 saturated heterocycles. The van der Waals surface area contributed by atoms with Crippen LogP contribution in [0.15, 0.2) is 30.5 Å². The summed E-state index contributed by atoms with van der Waals surface area (Å²) >= 11 is 0. The van der Waals surface area contributed by atoms with Gasteiger partial charge in [0.25, 0.3) is 0 Å². The summed E-state index contributed by atoms with van der Waals surface area (Å²) in [5.74, 6) is 0. The first-order chi connectivity index (χ1) is 8.74. The summed E-state index contributed by atoms with van der Waals surface area (Å²) in [4.78, 5) is 6.55. The number of pyridine rings is 1. The number of benzene rings is 1. The molecule has 0 saturated carbocycles. The Balaban J connectivity index is 2.25. The molecule has 18 heavy (non-hydrogen) atoms. The number of unbranched alkanes of at least 4 members (excludes halogenated alkanes) is 2. The summed E-state index contributed by atoms with van der Waals surface area (Å²) in [6, 6.07) is 8.06. The van der Waals surface area contributed by atoms with E-state index >= 15 is 0 Å². The van der Waals surface area contributed by atoms with Crippen molar-refractivity contribution in [3.8, 4) is 0 Å². The molecule has 0 aliphatic carbocycles. The van der Waals surface area contributed by atoms with Crippen molar-refractivity contribution in [3.05, 3.63) is 30.5 Å². The molecule has 0 amide bonds. The quantitative estimate of drug-likeness (QED) is 0.646. The van der Waals surface area contributed by atoms with E-state index in [0.29, 0.717) is 0 Å². The molecule has 0 atom stereocenters. The minimum Gasteiger partial charge on any atom is -0.396 e. The second kappa shape index (κ2) is 5.71. The van der Waals surface area contributed by atoms with Crippen molar-refractivity contribution >= 4 is 22.3 Å². The van der Waals surface area contributed by atoms with Crippen LogP contribution in [0.2, 0.25) is 0 Å². The Hall–Kier alpha value is -1.77. The van der Waals surface area contributed by atoms with E-state index in [1.54, 1.807) is 6.20 Å². The van der Waals surface area contributed by atoms with Gasteiger partial charge in [0, 0.05) is 25.2 Å². The van der Waals surface area contributed by atoms with Gasteiger partial charge >= 0.3 is 0 Å². The van der Waals surface area contributed by atoms with E-state index in [2.05, 4.69) is 29.9 Å². The fourth-order valence-electron chi connectivity index (χ4n) is 2.22. The van der Waals surface area contributed by atoms with E-state index in [1.807, 2.05) is 18.2 Å². The molecular formula is C15H21N3. The van der Waals surface area contributed by atoms with Gasteiger partial charge in [0.05, 0.1) is 16.9 Å². The van der Waals surface area contributed by atoms with Gasteiger partial charge in [-0.1, -0.05) is 19.8 Å². The zero-order valence-electron chi connectivity index (χ0n) is 11.2. The highest BCUT2D eigenvalue weighted by Crippen LogP contribution is 2.29. The first-order valence-corrected chi connectivity index (χ1v) is 6.58. The molecule has 3 heteroatoms. The van der Waals surface area contributed by atoms with Crippen molar-refractivity contribution in [3.63, 3.8) is 0 Å². The van der Waals surface area contributed by atoms with Crippen molar-refractivity contribution in [1.29, 1.82) is 0 Å². The van der Waals surface area contributed by atoms with Crippen LogP contribution in [0.1, 0.15) is 26.2 Å². The van der Waals surface area contributed by atoms with Gasteiger partial charge in [0.2, 0.25) is 0 Å². The highest BCUT2D eigenvalue weighted by molar-refractivity contribution is 5.97. The molecule has 1 aromatic heterocycles. The summed E-state index contributed by atoms with van der Waals surface area (Å²) in [5, 5.41) is 1.04. The fraction of sp³-hybridized carbons (Fsp3) is 0.400. The molecule has 2 aromatic rings. The Morgan fingerprint density at radius 2 is 2.06 bits per heavy atom. The van der Waals surface area contributed by atoms with Crippen LogP contribution in [0.3, 0.4) is 0 Å². The van der Waals surface area contributed by atoms with Gasteiger partial charge in [-0.05, 0) is 30.7 Å². The van der Waals surface area contributed by atoms with E-state index in [-0.39, 0.29) is 0 Å². The predicted octanol–water partition coefficient (Wildman–Crippen LogP) is 3.44. The number of hydrogen-bond acceptors (Lipinski definition) is 3. The molecule has 0 unspecified atom stereocenters. The van der Waals surface area contributed by atoms with Crippen LogP contribution >= 0.6 is 0 Å². The number of fused-ring (bicyclic) bond motifs is 1. The van der Waals surface area contributed by atoms with Gasteiger partial charge in [-0.3, -0.25) is 4.98 Å². The van der Waals surface area contributed by atoms with E-state index < -0.39 is 0 Å². The molecule has 0 aliphatic heterocycles. The van der Waals surface area contributed by atoms with Crippen LogP contribution in [0, 0.1) is 0 Å². The van der Waals surface area contributed by atoms with Gasteiger partial charge in [-0.25, -0.2) is 0 Å². The average Bonchev–Trinajstić information content (AvgIpc) is 2.39. The predicted molar refractivity (Wildman–Crippen MR) is 79.0 cm³/mol. The van der Waals surface area contributed by atoms with Crippen molar-refractivity contribution < 1.29 is 0 Å². The highest BCUT2D eigenvalue weighted by atomic mass is 15.1. The van der Waals surface area contributed by atoms with Crippen LogP contribution < -0.4 is 10.6 Å². The van der Waals surface area contributed by atoms with Crippen LogP contribution in [-0.4, -0.2) is 18.6 Å². The fourth-order valence-corrected chi connectivity index (χ4v) is 2.22. The number of anilines is 2. The minimum atomic E-state index is 0.833.